The molecule has 1 N–H and O–H groups in total. The van der Waals surface area contributed by atoms with Crippen molar-refractivity contribution in [1.82, 2.24) is 9.29 Å². The lowest BCUT2D eigenvalue weighted by atomic mass is 10.2. The van der Waals surface area contributed by atoms with Crippen LogP contribution in [0.5, 0.6) is 5.75 Å². The van der Waals surface area contributed by atoms with Gasteiger partial charge in [-0.3, -0.25) is 10.1 Å². The summed E-state index contributed by atoms with van der Waals surface area (Å²) >= 11 is 2.94. The maximum atomic E-state index is 13.1. The fourth-order valence-corrected chi connectivity index (χ4v) is 6.61. The minimum absolute atomic E-state index is 0.116. The molecule has 2 aromatic heterocycles. The first-order chi connectivity index (χ1) is 15.5. The predicted molar refractivity (Wildman–Crippen MR) is 129 cm³/mol. The van der Waals surface area contributed by atoms with E-state index in [1.807, 2.05) is 22.9 Å². The number of rotatable bonds is 7. The standard InChI is InChI=1S/C22H23N3O4S3/c1-29-18-9-7-16(14-20(18)32(27,28)25-11-3-2-4-12-25)8-10-21(26)24-22-23-17(15-31-22)19-6-5-13-30-19/h5-10,13-15H,2-4,11-12H2,1H3,(H,23,24,26)/b10-8+. The van der Waals surface area contributed by atoms with E-state index in [1.54, 1.807) is 35.6 Å². The molecule has 1 amide bonds. The second-order valence-electron chi connectivity index (χ2n) is 7.21. The molecule has 1 saturated heterocycles. The predicted octanol–water partition coefficient (Wildman–Crippen LogP) is 4.71. The van der Waals surface area contributed by atoms with Gasteiger partial charge in [0, 0.05) is 24.5 Å². The molecule has 0 aliphatic carbocycles. The molecule has 3 aromatic rings. The number of amides is 1. The Balaban J connectivity index is 1.49. The summed E-state index contributed by atoms with van der Waals surface area (Å²) in [5.74, 6) is -0.0468. The van der Waals surface area contributed by atoms with Crippen molar-refractivity contribution in [2.24, 2.45) is 0 Å². The SMILES string of the molecule is COc1ccc(/C=C/C(=O)Nc2nc(-c3cccs3)cs2)cc1S(=O)(=O)N1CCCCC1. The molecule has 1 aliphatic rings. The van der Waals surface area contributed by atoms with Gasteiger partial charge in [-0.2, -0.15) is 4.31 Å². The van der Waals surface area contributed by atoms with E-state index in [0.717, 1.165) is 29.8 Å². The van der Waals surface area contributed by atoms with Gasteiger partial charge in [-0.25, -0.2) is 13.4 Å². The quantitative estimate of drug-likeness (QED) is 0.486. The number of carbonyl (C=O) groups excluding carboxylic acids is 1. The van der Waals surface area contributed by atoms with Gasteiger partial charge in [0.2, 0.25) is 15.9 Å². The monoisotopic (exact) mass is 489 g/mol. The van der Waals surface area contributed by atoms with Crippen LogP contribution in [0, 0.1) is 0 Å². The Bertz CT molecular complexity index is 1210. The minimum Gasteiger partial charge on any atom is -0.495 e. The molecule has 32 heavy (non-hydrogen) atoms. The van der Waals surface area contributed by atoms with Crippen LogP contribution in [0.25, 0.3) is 16.6 Å². The number of thiophene rings is 1. The van der Waals surface area contributed by atoms with Crippen molar-refractivity contribution in [3.8, 4) is 16.3 Å². The molecule has 7 nitrogen and oxygen atoms in total. The molecule has 10 heteroatoms. The molecule has 3 heterocycles. The molecular weight excluding hydrogens is 466 g/mol. The zero-order valence-corrected chi connectivity index (χ0v) is 19.9. The topological polar surface area (TPSA) is 88.6 Å². The largest absolute Gasteiger partial charge is 0.495 e. The highest BCUT2D eigenvalue weighted by Gasteiger charge is 2.29. The Hall–Kier alpha value is -2.53. The van der Waals surface area contributed by atoms with Crippen molar-refractivity contribution in [3.63, 3.8) is 0 Å². The van der Waals surface area contributed by atoms with E-state index in [0.29, 0.717) is 29.5 Å². The maximum Gasteiger partial charge on any atom is 0.250 e. The lowest BCUT2D eigenvalue weighted by Crippen LogP contribution is -2.35. The van der Waals surface area contributed by atoms with Gasteiger partial charge in [-0.1, -0.05) is 18.6 Å². The Labute approximate surface area is 195 Å². The van der Waals surface area contributed by atoms with Gasteiger partial charge < -0.3 is 4.74 Å². The summed E-state index contributed by atoms with van der Waals surface area (Å²) in [6.45, 7) is 1.02. The van der Waals surface area contributed by atoms with Crippen molar-refractivity contribution >= 4 is 49.8 Å². The van der Waals surface area contributed by atoms with Crippen LogP contribution in [-0.4, -0.2) is 43.8 Å². The molecular formula is C22H23N3O4S3. The van der Waals surface area contributed by atoms with Crippen LogP contribution in [0.2, 0.25) is 0 Å². The number of hydrogen-bond acceptors (Lipinski definition) is 7. The summed E-state index contributed by atoms with van der Waals surface area (Å²) in [4.78, 5) is 17.9. The van der Waals surface area contributed by atoms with Crippen LogP contribution in [0.15, 0.2) is 52.1 Å². The molecule has 0 saturated carbocycles. The molecule has 0 radical (unpaired) electrons. The van der Waals surface area contributed by atoms with Gasteiger partial charge in [0.05, 0.1) is 17.7 Å². The number of ether oxygens (including phenoxy) is 1. The number of carbonyl (C=O) groups is 1. The lowest BCUT2D eigenvalue weighted by molar-refractivity contribution is -0.111. The third-order valence-corrected chi connectivity index (χ3v) is 8.63. The highest BCUT2D eigenvalue weighted by molar-refractivity contribution is 7.89. The Morgan fingerprint density at radius 3 is 2.72 bits per heavy atom. The minimum atomic E-state index is -3.67. The third kappa shape index (κ3) is 5.09. The summed E-state index contributed by atoms with van der Waals surface area (Å²) in [7, 11) is -2.22. The summed E-state index contributed by atoms with van der Waals surface area (Å²) < 4.78 is 33.1. The van der Waals surface area contributed by atoms with Gasteiger partial charge in [0.25, 0.3) is 0 Å². The molecule has 4 rings (SSSR count). The number of nitrogens with one attached hydrogen (secondary N) is 1. The summed E-state index contributed by atoms with van der Waals surface area (Å²) in [6.07, 6.45) is 5.69. The van der Waals surface area contributed by atoms with Gasteiger partial charge in [-0.15, -0.1) is 22.7 Å². The van der Waals surface area contributed by atoms with Crippen LogP contribution >= 0.6 is 22.7 Å². The Morgan fingerprint density at radius 2 is 2.00 bits per heavy atom. The smallest absolute Gasteiger partial charge is 0.250 e. The highest BCUT2D eigenvalue weighted by atomic mass is 32.2. The first kappa shape index (κ1) is 22.7. The maximum absolute atomic E-state index is 13.1. The first-order valence-electron chi connectivity index (χ1n) is 10.1. The average molecular weight is 490 g/mol. The van der Waals surface area contributed by atoms with Gasteiger partial charge in [0.15, 0.2) is 5.13 Å². The van der Waals surface area contributed by atoms with E-state index in [1.165, 1.54) is 28.8 Å². The van der Waals surface area contributed by atoms with E-state index in [4.69, 9.17) is 4.74 Å². The second-order valence-corrected chi connectivity index (χ2v) is 10.9. The molecule has 1 aliphatic heterocycles. The lowest BCUT2D eigenvalue weighted by Gasteiger charge is -2.26. The second kappa shape index (κ2) is 9.95. The van der Waals surface area contributed by atoms with E-state index in [-0.39, 0.29) is 10.8 Å². The van der Waals surface area contributed by atoms with Gasteiger partial charge in [-0.05, 0) is 48.1 Å². The van der Waals surface area contributed by atoms with Crippen LogP contribution < -0.4 is 10.1 Å². The molecule has 0 atom stereocenters. The molecule has 1 fully saturated rings. The normalized spacial score (nSPS) is 15.2. The Morgan fingerprint density at radius 1 is 1.19 bits per heavy atom. The number of anilines is 1. The van der Waals surface area contributed by atoms with Crippen LogP contribution in [0.4, 0.5) is 5.13 Å². The third-order valence-electron chi connectivity index (χ3n) is 5.06. The van der Waals surface area contributed by atoms with Crippen molar-refractivity contribution < 1.29 is 17.9 Å². The van der Waals surface area contributed by atoms with Crippen LogP contribution in [-0.2, 0) is 14.8 Å². The number of sulfonamides is 1. The summed E-state index contributed by atoms with van der Waals surface area (Å²) in [5.41, 5.74) is 1.42. The molecule has 0 unspecified atom stereocenters. The van der Waals surface area contributed by atoms with Crippen molar-refractivity contribution in [3.05, 3.63) is 52.7 Å². The number of aromatic nitrogens is 1. The number of nitrogens with zero attached hydrogens (tertiary/aromatic N) is 2. The van der Waals surface area contributed by atoms with Crippen molar-refractivity contribution in [2.45, 2.75) is 24.2 Å². The zero-order valence-electron chi connectivity index (χ0n) is 17.5. The molecule has 0 bridgehead atoms. The van der Waals surface area contributed by atoms with Crippen LogP contribution in [0.3, 0.4) is 0 Å². The van der Waals surface area contributed by atoms with Gasteiger partial charge in [0.1, 0.15) is 10.6 Å². The number of methoxy groups -OCH3 is 1. The summed E-state index contributed by atoms with van der Waals surface area (Å²) in [5, 5.41) is 7.13. The molecule has 1 aromatic carbocycles. The van der Waals surface area contributed by atoms with Gasteiger partial charge >= 0.3 is 0 Å². The fraction of sp³-hybridized carbons (Fsp3) is 0.273. The highest BCUT2D eigenvalue weighted by Crippen LogP contribution is 2.30. The van der Waals surface area contributed by atoms with Crippen molar-refractivity contribution in [2.75, 3.05) is 25.5 Å². The van der Waals surface area contributed by atoms with E-state index < -0.39 is 10.0 Å². The first-order valence-corrected chi connectivity index (χ1v) is 13.3. The van der Waals surface area contributed by atoms with E-state index in [2.05, 4.69) is 10.3 Å². The van der Waals surface area contributed by atoms with Crippen LogP contribution in [0.1, 0.15) is 24.8 Å². The zero-order chi connectivity index (χ0) is 22.6. The number of hydrogen-bond donors (Lipinski definition) is 1. The number of thiazole rings is 1. The summed E-state index contributed by atoms with van der Waals surface area (Å²) in [6, 6.07) is 8.81. The van der Waals surface area contributed by atoms with E-state index in [9.17, 15) is 13.2 Å². The number of benzene rings is 1. The average Bonchev–Trinajstić information content (AvgIpc) is 3.50. The van der Waals surface area contributed by atoms with E-state index >= 15 is 0 Å². The number of piperidine rings is 1. The molecule has 168 valence electrons. The Kier molecular flexibility index (Phi) is 7.04. The van der Waals surface area contributed by atoms with Crippen molar-refractivity contribution in [1.29, 1.82) is 0 Å². The fourth-order valence-electron chi connectivity index (χ4n) is 3.43. The molecule has 0 spiro atoms.